The Bertz CT molecular complexity index is 475. The minimum atomic E-state index is 0.0247. The van der Waals surface area contributed by atoms with Gasteiger partial charge in [-0.1, -0.05) is 28.1 Å². The molecule has 1 aliphatic carbocycles. The zero-order chi connectivity index (χ0) is 12.7. The number of imide groups is 1. The topological polar surface area (TPSA) is 37.4 Å². The highest BCUT2D eigenvalue weighted by atomic mass is 79.9. The van der Waals surface area contributed by atoms with Crippen molar-refractivity contribution in [3.05, 3.63) is 34.3 Å². The normalized spacial score (nSPS) is 26.8. The molecule has 2 amide bonds. The maximum absolute atomic E-state index is 12.2. The average molecular weight is 308 g/mol. The molecule has 2 bridgehead atoms. The molecular weight excluding hydrogens is 294 g/mol. The second-order valence-corrected chi connectivity index (χ2v) is 6.01. The first-order valence-corrected chi connectivity index (χ1v) is 7.04. The monoisotopic (exact) mass is 307 g/mol. The van der Waals surface area contributed by atoms with Gasteiger partial charge in [-0.3, -0.25) is 14.5 Å². The number of amides is 2. The number of fused-ring (bicyclic) bond motifs is 2. The van der Waals surface area contributed by atoms with Gasteiger partial charge in [0.15, 0.2) is 0 Å². The third-order valence-electron chi connectivity index (χ3n) is 3.92. The summed E-state index contributed by atoms with van der Waals surface area (Å²) in [5.74, 6) is 0.222. The van der Waals surface area contributed by atoms with Gasteiger partial charge in [-0.05, 0) is 37.0 Å². The highest BCUT2D eigenvalue weighted by molar-refractivity contribution is 9.10. The SMILES string of the molecule is O=C1C2CCC(C2)C(=O)N1Cc1ccc(Br)cc1. The third kappa shape index (κ3) is 1.99. The van der Waals surface area contributed by atoms with Gasteiger partial charge >= 0.3 is 0 Å². The van der Waals surface area contributed by atoms with Crippen molar-refractivity contribution in [3.63, 3.8) is 0 Å². The second kappa shape index (κ2) is 4.50. The minimum Gasteiger partial charge on any atom is -0.278 e. The van der Waals surface area contributed by atoms with Crippen molar-refractivity contribution in [2.75, 3.05) is 0 Å². The van der Waals surface area contributed by atoms with E-state index in [-0.39, 0.29) is 23.7 Å². The van der Waals surface area contributed by atoms with E-state index in [2.05, 4.69) is 15.9 Å². The molecule has 18 heavy (non-hydrogen) atoms. The lowest BCUT2D eigenvalue weighted by molar-refractivity contribution is -0.153. The van der Waals surface area contributed by atoms with Crippen LogP contribution in [0.4, 0.5) is 0 Å². The molecule has 2 atom stereocenters. The lowest BCUT2D eigenvalue weighted by Gasteiger charge is -2.29. The van der Waals surface area contributed by atoms with Gasteiger partial charge in [0.25, 0.3) is 0 Å². The largest absolute Gasteiger partial charge is 0.278 e. The fourth-order valence-corrected chi connectivity index (χ4v) is 3.17. The number of carbonyl (C=O) groups excluding carboxylic acids is 2. The quantitative estimate of drug-likeness (QED) is 0.788. The predicted molar refractivity (Wildman–Crippen MR) is 70.5 cm³/mol. The standard InChI is InChI=1S/C14H14BrNO2/c15-12-5-1-9(2-6-12)8-16-13(17)10-3-4-11(7-10)14(16)18/h1-2,5-6,10-11H,3-4,7-8H2. The van der Waals surface area contributed by atoms with E-state index in [9.17, 15) is 9.59 Å². The van der Waals surface area contributed by atoms with Gasteiger partial charge in [-0.15, -0.1) is 0 Å². The summed E-state index contributed by atoms with van der Waals surface area (Å²) in [4.78, 5) is 25.8. The zero-order valence-electron chi connectivity index (χ0n) is 9.93. The van der Waals surface area contributed by atoms with Crippen LogP contribution in [0.5, 0.6) is 0 Å². The first-order chi connectivity index (χ1) is 8.65. The second-order valence-electron chi connectivity index (χ2n) is 5.10. The Morgan fingerprint density at radius 2 is 1.61 bits per heavy atom. The number of hydrogen-bond donors (Lipinski definition) is 0. The number of piperidine rings is 1. The smallest absolute Gasteiger partial charge is 0.232 e. The van der Waals surface area contributed by atoms with Crippen LogP contribution in [0, 0.1) is 11.8 Å². The molecule has 4 heteroatoms. The molecule has 0 aromatic heterocycles. The average Bonchev–Trinajstić information content (AvgIpc) is 2.82. The van der Waals surface area contributed by atoms with Crippen molar-refractivity contribution >= 4 is 27.7 Å². The van der Waals surface area contributed by atoms with Crippen molar-refractivity contribution in [3.8, 4) is 0 Å². The molecule has 1 saturated heterocycles. The van der Waals surface area contributed by atoms with Crippen LogP contribution in [-0.4, -0.2) is 16.7 Å². The van der Waals surface area contributed by atoms with Crippen LogP contribution in [0.2, 0.25) is 0 Å². The van der Waals surface area contributed by atoms with Gasteiger partial charge < -0.3 is 0 Å². The molecular formula is C14H14BrNO2. The van der Waals surface area contributed by atoms with Gasteiger partial charge in [-0.2, -0.15) is 0 Å². The van der Waals surface area contributed by atoms with E-state index in [1.165, 1.54) is 4.90 Å². The summed E-state index contributed by atoms with van der Waals surface area (Å²) in [6, 6.07) is 7.76. The number of benzene rings is 1. The number of hydrogen-bond acceptors (Lipinski definition) is 2. The van der Waals surface area contributed by atoms with Crippen LogP contribution >= 0.6 is 15.9 Å². The number of rotatable bonds is 2. The molecule has 94 valence electrons. The summed E-state index contributed by atoms with van der Waals surface area (Å²) >= 11 is 3.38. The molecule has 1 aliphatic heterocycles. The summed E-state index contributed by atoms with van der Waals surface area (Å²) in [5.41, 5.74) is 1.00. The molecule has 2 fully saturated rings. The number of likely N-dealkylation sites (tertiary alicyclic amines) is 1. The lowest BCUT2D eigenvalue weighted by atomic mass is 9.96. The van der Waals surface area contributed by atoms with E-state index in [0.717, 1.165) is 29.3 Å². The Balaban J connectivity index is 1.81. The summed E-state index contributed by atoms with van der Waals surface area (Å²) in [6.07, 6.45) is 2.53. The van der Waals surface area contributed by atoms with Gasteiger partial charge in [0.1, 0.15) is 0 Å². The molecule has 1 saturated carbocycles. The molecule has 1 aromatic rings. The fraction of sp³-hybridized carbons (Fsp3) is 0.429. The van der Waals surface area contributed by atoms with Crippen molar-refractivity contribution in [1.29, 1.82) is 0 Å². The number of halogens is 1. The van der Waals surface area contributed by atoms with Crippen LogP contribution in [-0.2, 0) is 16.1 Å². The van der Waals surface area contributed by atoms with Gasteiger partial charge in [0.05, 0.1) is 6.54 Å². The Hall–Kier alpha value is -1.16. The van der Waals surface area contributed by atoms with Crippen molar-refractivity contribution in [2.45, 2.75) is 25.8 Å². The maximum atomic E-state index is 12.2. The minimum absolute atomic E-state index is 0.0247. The number of carbonyl (C=O) groups is 2. The zero-order valence-corrected chi connectivity index (χ0v) is 11.5. The van der Waals surface area contributed by atoms with Gasteiger partial charge in [-0.25, -0.2) is 0 Å². The number of nitrogens with zero attached hydrogens (tertiary/aromatic N) is 1. The molecule has 2 unspecified atom stereocenters. The first-order valence-electron chi connectivity index (χ1n) is 6.25. The third-order valence-corrected chi connectivity index (χ3v) is 4.45. The molecule has 1 heterocycles. The van der Waals surface area contributed by atoms with Crippen LogP contribution < -0.4 is 0 Å². The first kappa shape index (κ1) is 11.9. The van der Waals surface area contributed by atoms with Crippen molar-refractivity contribution in [1.82, 2.24) is 4.90 Å². The maximum Gasteiger partial charge on any atom is 0.232 e. The Labute approximate surface area is 114 Å². The molecule has 0 N–H and O–H groups in total. The fourth-order valence-electron chi connectivity index (χ4n) is 2.91. The van der Waals surface area contributed by atoms with E-state index in [1.54, 1.807) is 0 Å². The molecule has 3 rings (SSSR count). The Morgan fingerprint density at radius 3 is 2.17 bits per heavy atom. The molecule has 3 nitrogen and oxygen atoms in total. The lowest BCUT2D eigenvalue weighted by Crippen LogP contribution is -2.45. The Morgan fingerprint density at radius 1 is 1.06 bits per heavy atom. The van der Waals surface area contributed by atoms with Crippen LogP contribution in [0.25, 0.3) is 0 Å². The summed E-state index contributed by atoms with van der Waals surface area (Å²) in [5, 5.41) is 0. The predicted octanol–water partition coefficient (Wildman–Crippen LogP) is 2.73. The van der Waals surface area contributed by atoms with Crippen molar-refractivity contribution < 1.29 is 9.59 Å². The highest BCUT2D eigenvalue weighted by Crippen LogP contribution is 2.38. The highest BCUT2D eigenvalue weighted by Gasteiger charge is 2.44. The van der Waals surface area contributed by atoms with E-state index < -0.39 is 0 Å². The van der Waals surface area contributed by atoms with E-state index in [1.807, 2.05) is 24.3 Å². The van der Waals surface area contributed by atoms with E-state index >= 15 is 0 Å². The van der Waals surface area contributed by atoms with Crippen LogP contribution in [0.1, 0.15) is 24.8 Å². The van der Waals surface area contributed by atoms with Crippen molar-refractivity contribution in [2.24, 2.45) is 11.8 Å². The molecule has 2 aliphatic rings. The van der Waals surface area contributed by atoms with Gasteiger partial charge in [0, 0.05) is 16.3 Å². The molecule has 1 aromatic carbocycles. The van der Waals surface area contributed by atoms with Crippen LogP contribution in [0.3, 0.4) is 0 Å². The summed E-state index contributed by atoms with van der Waals surface area (Å²) in [6.45, 7) is 0.415. The summed E-state index contributed by atoms with van der Waals surface area (Å²) in [7, 11) is 0. The van der Waals surface area contributed by atoms with E-state index in [0.29, 0.717) is 6.54 Å². The molecule has 0 spiro atoms. The van der Waals surface area contributed by atoms with Crippen LogP contribution in [0.15, 0.2) is 28.7 Å². The van der Waals surface area contributed by atoms with E-state index in [4.69, 9.17) is 0 Å². The molecule has 0 radical (unpaired) electrons. The van der Waals surface area contributed by atoms with Gasteiger partial charge in [0.2, 0.25) is 11.8 Å². The summed E-state index contributed by atoms with van der Waals surface area (Å²) < 4.78 is 1.00. The Kier molecular flexibility index (Phi) is 2.98.